The van der Waals surface area contributed by atoms with E-state index in [1.54, 1.807) is 0 Å². The SMILES string of the molecule is CN(CCNCc1ccncc1)CCNCc1ccncc1. The molecular formula is C17H25N5. The highest BCUT2D eigenvalue weighted by atomic mass is 15.1. The Morgan fingerprint density at radius 3 is 1.59 bits per heavy atom. The minimum absolute atomic E-state index is 0.899. The summed E-state index contributed by atoms with van der Waals surface area (Å²) in [4.78, 5) is 10.4. The van der Waals surface area contributed by atoms with Crippen LogP contribution in [0.25, 0.3) is 0 Å². The molecular weight excluding hydrogens is 274 g/mol. The maximum atomic E-state index is 4.02. The lowest BCUT2D eigenvalue weighted by Crippen LogP contribution is -2.34. The molecule has 0 aromatic carbocycles. The van der Waals surface area contributed by atoms with Crippen molar-refractivity contribution >= 4 is 0 Å². The summed E-state index contributed by atoms with van der Waals surface area (Å²) in [5.74, 6) is 0. The van der Waals surface area contributed by atoms with Gasteiger partial charge in [-0.05, 0) is 42.4 Å². The molecule has 2 aromatic heterocycles. The monoisotopic (exact) mass is 299 g/mol. The van der Waals surface area contributed by atoms with Crippen molar-refractivity contribution in [2.75, 3.05) is 33.2 Å². The predicted molar refractivity (Wildman–Crippen MR) is 89.4 cm³/mol. The Labute approximate surface area is 132 Å². The highest BCUT2D eigenvalue weighted by molar-refractivity contribution is 5.09. The number of likely N-dealkylation sites (N-methyl/N-ethyl adjacent to an activating group) is 1. The van der Waals surface area contributed by atoms with Crippen molar-refractivity contribution in [3.8, 4) is 0 Å². The normalized spacial score (nSPS) is 11.0. The highest BCUT2D eigenvalue weighted by Crippen LogP contribution is 1.95. The molecule has 0 aliphatic carbocycles. The predicted octanol–water partition coefficient (Wildman–Crippen LogP) is 1.29. The minimum atomic E-state index is 0.899. The van der Waals surface area contributed by atoms with Crippen LogP contribution < -0.4 is 10.6 Å². The summed E-state index contributed by atoms with van der Waals surface area (Å²) in [5, 5.41) is 6.90. The minimum Gasteiger partial charge on any atom is -0.311 e. The van der Waals surface area contributed by atoms with Crippen molar-refractivity contribution in [1.82, 2.24) is 25.5 Å². The second-order valence-electron chi connectivity index (χ2n) is 5.37. The zero-order chi connectivity index (χ0) is 15.5. The molecule has 0 saturated heterocycles. The van der Waals surface area contributed by atoms with Crippen molar-refractivity contribution in [3.05, 3.63) is 60.2 Å². The number of aromatic nitrogens is 2. The quantitative estimate of drug-likeness (QED) is 0.648. The standard InChI is InChI=1S/C17H25N5/c1-22(12-10-20-14-16-2-6-18-7-3-16)13-11-21-15-17-4-8-19-9-5-17/h2-9,20-21H,10-15H2,1H3. The Bertz CT molecular complexity index is 455. The molecule has 22 heavy (non-hydrogen) atoms. The van der Waals surface area contributed by atoms with Crippen LogP contribution in [0.5, 0.6) is 0 Å². The second-order valence-corrected chi connectivity index (χ2v) is 5.37. The molecule has 0 radical (unpaired) electrons. The van der Waals surface area contributed by atoms with Gasteiger partial charge in [0.25, 0.3) is 0 Å². The number of hydrogen-bond acceptors (Lipinski definition) is 5. The van der Waals surface area contributed by atoms with Gasteiger partial charge in [-0.25, -0.2) is 0 Å². The van der Waals surface area contributed by atoms with Crippen LogP contribution in [0.3, 0.4) is 0 Å². The first kappa shape index (κ1) is 16.5. The summed E-state index contributed by atoms with van der Waals surface area (Å²) in [7, 11) is 2.15. The van der Waals surface area contributed by atoms with Crippen molar-refractivity contribution in [1.29, 1.82) is 0 Å². The molecule has 0 unspecified atom stereocenters. The highest BCUT2D eigenvalue weighted by Gasteiger charge is 1.98. The van der Waals surface area contributed by atoms with E-state index in [1.807, 2.05) is 49.1 Å². The van der Waals surface area contributed by atoms with Crippen LogP contribution in [0, 0.1) is 0 Å². The van der Waals surface area contributed by atoms with Crippen molar-refractivity contribution in [2.45, 2.75) is 13.1 Å². The summed E-state index contributed by atoms with van der Waals surface area (Å²) in [6, 6.07) is 8.17. The first-order valence-electron chi connectivity index (χ1n) is 7.72. The first-order valence-corrected chi connectivity index (χ1v) is 7.72. The van der Waals surface area contributed by atoms with Gasteiger partial charge in [-0.1, -0.05) is 0 Å². The first-order chi connectivity index (χ1) is 10.8. The third-order valence-electron chi connectivity index (χ3n) is 3.50. The van der Waals surface area contributed by atoms with Crippen LogP contribution >= 0.6 is 0 Å². The van der Waals surface area contributed by atoms with Crippen molar-refractivity contribution in [3.63, 3.8) is 0 Å². The molecule has 118 valence electrons. The van der Waals surface area contributed by atoms with Crippen LogP contribution in [0.4, 0.5) is 0 Å². The lowest BCUT2D eigenvalue weighted by atomic mass is 10.3. The maximum Gasteiger partial charge on any atom is 0.0271 e. The fraction of sp³-hybridized carbons (Fsp3) is 0.412. The van der Waals surface area contributed by atoms with E-state index in [1.165, 1.54) is 11.1 Å². The third-order valence-corrected chi connectivity index (χ3v) is 3.50. The molecule has 0 atom stereocenters. The summed E-state index contributed by atoms with van der Waals surface area (Å²) in [6.45, 7) is 5.86. The van der Waals surface area contributed by atoms with E-state index in [0.717, 1.165) is 39.3 Å². The molecule has 5 nitrogen and oxygen atoms in total. The third kappa shape index (κ3) is 6.76. The molecule has 2 N–H and O–H groups in total. The Kier molecular flexibility index (Phi) is 7.52. The van der Waals surface area contributed by atoms with E-state index in [-0.39, 0.29) is 0 Å². The Morgan fingerprint density at radius 2 is 1.18 bits per heavy atom. The second kappa shape index (κ2) is 10.00. The molecule has 2 aromatic rings. The number of rotatable bonds is 10. The van der Waals surface area contributed by atoms with Crippen LogP contribution in [-0.4, -0.2) is 48.1 Å². The summed E-state index contributed by atoms with van der Waals surface area (Å²) >= 11 is 0. The topological polar surface area (TPSA) is 53.1 Å². The number of pyridine rings is 2. The smallest absolute Gasteiger partial charge is 0.0271 e. The average molecular weight is 299 g/mol. The summed E-state index contributed by atoms with van der Waals surface area (Å²) < 4.78 is 0. The molecule has 5 heteroatoms. The van der Waals surface area contributed by atoms with Gasteiger partial charge >= 0.3 is 0 Å². The molecule has 0 aliphatic rings. The van der Waals surface area contributed by atoms with Crippen LogP contribution in [0.15, 0.2) is 49.1 Å². The molecule has 2 heterocycles. The van der Waals surface area contributed by atoms with Gasteiger partial charge in [0, 0.05) is 64.1 Å². The van der Waals surface area contributed by atoms with E-state index in [4.69, 9.17) is 0 Å². The van der Waals surface area contributed by atoms with Gasteiger partial charge in [0.05, 0.1) is 0 Å². The van der Waals surface area contributed by atoms with Gasteiger partial charge in [0.2, 0.25) is 0 Å². The van der Waals surface area contributed by atoms with Crippen molar-refractivity contribution in [2.24, 2.45) is 0 Å². The van der Waals surface area contributed by atoms with E-state index in [2.05, 4.69) is 32.5 Å². The molecule has 0 amide bonds. The Morgan fingerprint density at radius 1 is 0.773 bits per heavy atom. The van der Waals surface area contributed by atoms with Crippen LogP contribution in [0.1, 0.15) is 11.1 Å². The van der Waals surface area contributed by atoms with Crippen LogP contribution in [0.2, 0.25) is 0 Å². The molecule has 0 fully saturated rings. The van der Waals surface area contributed by atoms with E-state index in [9.17, 15) is 0 Å². The number of nitrogens with zero attached hydrogens (tertiary/aromatic N) is 3. The molecule has 2 rings (SSSR count). The number of nitrogens with one attached hydrogen (secondary N) is 2. The lowest BCUT2D eigenvalue weighted by molar-refractivity contribution is 0.328. The summed E-state index contributed by atoms with van der Waals surface area (Å²) in [6.07, 6.45) is 7.32. The average Bonchev–Trinajstić information content (AvgIpc) is 2.57. The van der Waals surface area contributed by atoms with Gasteiger partial charge in [0.15, 0.2) is 0 Å². The van der Waals surface area contributed by atoms with Gasteiger partial charge < -0.3 is 15.5 Å². The lowest BCUT2D eigenvalue weighted by Gasteiger charge is -2.17. The molecule has 0 aliphatic heterocycles. The fourth-order valence-corrected chi connectivity index (χ4v) is 2.12. The largest absolute Gasteiger partial charge is 0.311 e. The fourth-order valence-electron chi connectivity index (χ4n) is 2.12. The van der Waals surface area contributed by atoms with Gasteiger partial charge in [-0.15, -0.1) is 0 Å². The van der Waals surface area contributed by atoms with Gasteiger partial charge in [-0.3, -0.25) is 9.97 Å². The zero-order valence-electron chi connectivity index (χ0n) is 13.2. The zero-order valence-corrected chi connectivity index (χ0v) is 13.2. The molecule has 0 bridgehead atoms. The van der Waals surface area contributed by atoms with Gasteiger partial charge in [0.1, 0.15) is 0 Å². The van der Waals surface area contributed by atoms with E-state index >= 15 is 0 Å². The maximum absolute atomic E-state index is 4.02. The molecule has 0 spiro atoms. The van der Waals surface area contributed by atoms with E-state index in [0.29, 0.717) is 0 Å². The van der Waals surface area contributed by atoms with Crippen LogP contribution in [-0.2, 0) is 13.1 Å². The van der Waals surface area contributed by atoms with Crippen molar-refractivity contribution < 1.29 is 0 Å². The number of hydrogen-bond donors (Lipinski definition) is 2. The molecule has 0 saturated carbocycles. The van der Waals surface area contributed by atoms with Gasteiger partial charge in [-0.2, -0.15) is 0 Å². The van der Waals surface area contributed by atoms with E-state index < -0.39 is 0 Å². The Balaban J connectivity index is 1.48. The Hall–Kier alpha value is -1.82. The summed E-state index contributed by atoms with van der Waals surface area (Å²) in [5.41, 5.74) is 2.55.